The Hall–Kier alpha value is -3.67. The van der Waals surface area contributed by atoms with E-state index in [-0.39, 0.29) is 5.56 Å². The molecule has 0 saturated carbocycles. The number of benzene rings is 3. The van der Waals surface area contributed by atoms with Gasteiger partial charge in [0.05, 0.1) is 11.4 Å². The Morgan fingerprint density at radius 2 is 1.65 bits per heavy atom. The molecule has 0 radical (unpaired) electrons. The first kappa shape index (κ1) is 20.9. The second-order valence-electron chi connectivity index (χ2n) is 8.70. The molecule has 3 aromatic carbocycles. The summed E-state index contributed by atoms with van der Waals surface area (Å²) in [5, 5.41) is 1.89. The molecule has 0 fully saturated rings. The van der Waals surface area contributed by atoms with E-state index in [1.54, 1.807) is 0 Å². The number of fused-ring (bicyclic) bond motifs is 2. The van der Waals surface area contributed by atoms with Crippen molar-refractivity contribution in [1.29, 1.82) is 0 Å². The number of nitrogens with one attached hydrogen (secondary N) is 2. The van der Waals surface area contributed by atoms with Crippen molar-refractivity contribution >= 4 is 22.5 Å². The van der Waals surface area contributed by atoms with Crippen LogP contribution in [0.25, 0.3) is 33.5 Å². The van der Waals surface area contributed by atoms with Crippen LogP contribution in [0.2, 0.25) is 5.02 Å². The Balaban J connectivity index is 1.35. The van der Waals surface area contributed by atoms with Gasteiger partial charge >= 0.3 is 0 Å². The Kier molecular flexibility index (Phi) is 5.28. The zero-order valence-electron chi connectivity index (χ0n) is 18.5. The molecule has 1 aliphatic rings. The summed E-state index contributed by atoms with van der Waals surface area (Å²) in [6.45, 7) is 2.22. The van der Waals surface area contributed by atoms with Gasteiger partial charge in [0, 0.05) is 46.7 Å². The van der Waals surface area contributed by atoms with Crippen molar-refractivity contribution in [1.82, 2.24) is 19.9 Å². The van der Waals surface area contributed by atoms with Gasteiger partial charge in [-0.05, 0) is 47.9 Å². The third-order valence-electron chi connectivity index (χ3n) is 6.53. The molecule has 168 valence electrons. The van der Waals surface area contributed by atoms with Crippen LogP contribution in [0.1, 0.15) is 16.8 Å². The number of hydrogen-bond acceptors (Lipinski definition) is 3. The predicted molar refractivity (Wildman–Crippen MR) is 137 cm³/mol. The van der Waals surface area contributed by atoms with Crippen LogP contribution in [0.4, 0.5) is 0 Å². The van der Waals surface area contributed by atoms with Gasteiger partial charge in [0.15, 0.2) is 0 Å². The largest absolute Gasteiger partial charge is 0.354 e. The monoisotopic (exact) mass is 466 g/mol. The molecule has 0 atom stereocenters. The van der Waals surface area contributed by atoms with Crippen LogP contribution in [0.5, 0.6) is 0 Å². The van der Waals surface area contributed by atoms with E-state index in [0.29, 0.717) is 23.8 Å². The maximum Gasteiger partial charge on any atom is 0.254 e. The molecule has 0 bridgehead atoms. The molecule has 34 heavy (non-hydrogen) atoms. The van der Waals surface area contributed by atoms with E-state index in [4.69, 9.17) is 16.6 Å². The Morgan fingerprint density at radius 1 is 0.882 bits per heavy atom. The molecule has 0 unspecified atom stereocenters. The first-order valence-electron chi connectivity index (χ1n) is 11.4. The van der Waals surface area contributed by atoms with E-state index in [1.807, 2.05) is 30.3 Å². The number of hydrogen-bond donors (Lipinski definition) is 2. The molecule has 0 saturated heterocycles. The maximum atomic E-state index is 12.8. The van der Waals surface area contributed by atoms with Crippen LogP contribution in [0.3, 0.4) is 0 Å². The summed E-state index contributed by atoms with van der Waals surface area (Å²) in [6.07, 6.45) is 0.682. The molecule has 1 aliphatic heterocycles. The molecular formula is C28H23ClN4O. The van der Waals surface area contributed by atoms with E-state index in [0.717, 1.165) is 41.1 Å². The Labute approximate surface area is 202 Å². The summed E-state index contributed by atoms with van der Waals surface area (Å²) >= 11 is 6.03. The lowest BCUT2D eigenvalue weighted by Gasteiger charge is -2.28. The van der Waals surface area contributed by atoms with Crippen LogP contribution in [0.15, 0.2) is 83.7 Å². The zero-order chi connectivity index (χ0) is 23.1. The molecule has 0 amide bonds. The minimum atomic E-state index is -0.0494. The van der Waals surface area contributed by atoms with Gasteiger partial charge in [-0.1, -0.05) is 60.1 Å². The van der Waals surface area contributed by atoms with Crippen molar-refractivity contribution in [2.75, 3.05) is 6.54 Å². The number of aromatic nitrogens is 3. The molecule has 3 heterocycles. The summed E-state index contributed by atoms with van der Waals surface area (Å²) in [6, 6.07) is 26.3. The van der Waals surface area contributed by atoms with Crippen LogP contribution in [-0.2, 0) is 19.5 Å². The normalized spacial score (nSPS) is 13.8. The standard InChI is InChI=1S/C28H23ClN4O/c29-20-12-10-19(11-13-20)27-31-25-17-33(15-14-22(25)28(34)32-27)16-23-21-8-4-5-9-24(21)30-26(23)18-6-2-1-3-7-18/h1-13,30H,14-17H2,(H,31,32,34). The highest BCUT2D eigenvalue weighted by Gasteiger charge is 2.24. The molecule has 5 aromatic rings. The number of nitrogens with zero attached hydrogens (tertiary/aromatic N) is 2. The van der Waals surface area contributed by atoms with Gasteiger partial charge in [-0.3, -0.25) is 9.69 Å². The molecule has 2 aromatic heterocycles. The van der Waals surface area contributed by atoms with Crippen molar-refractivity contribution in [2.24, 2.45) is 0 Å². The lowest BCUT2D eigenvalue weighted by atomic mass is 10.0. The van der Waals surface area contributed by atoms with Crippen LogP contribution >= 0.6 is 11.6 Å². The molecule has 0 spiro atoms. The summed E-state index contributed by atoms with van der Waals surface area (Å²) in [5.74, 6) is 0.583. The summed E-state index contributed by atoms with van der Waals surface area (Å²) in [7, 11) is 0. The molecule has 0 aliphatic carbocycles. The number of para-hydroxylation sites is 1. The lowest BCUT2D eigenvalue weighted by Crippen LogP contribution is -2.35. The average molecular weight is 467 g/mol. The van der Waals surface area contributed by atoms with Gasteiger partial charge in [0.1, 0.15) is 5.82 Å². The molecule has 5 nitrogen and oxygen atoms in total. The lowest BCUT2D eigenvalue weighted by molar-refractivity contribution is 0.242. The smallest absolute Gasteiger partial charge is 0.254 e. The minimum Gasteiger partial charge on any atom is -0.354 e. The zero-order valence-corrected chi connectivity index (χ0v) is 19.3. The first-order valence-corrected chi connectivity index (χ1v) is 11.8. The molecule has 2 N–H and O–H groups in total. The van der Waals surface area contributed by atoms with E-state index >= 15 is 0 Å². The fraction of sp³-hybridized carbons (Fsp3) is 0.143. The summed E-state index contributed by atoms with van der Waals surface area (Å²) in [4.78, 5) is 26.6. The van der Waals surface area contributed by atoms with Gasteiger partial charge in [-0.25, -0.2) is 4.98 Å². The Morgan fingerprint density at radius 3 is 2.47 bits per heavy atom. The van der Waals surface area contributed by atoms with Crippen LogP contribution in [0, 0.1) is 0 Å². The van der Waals surface area contributed by atoms with Gasteiger partial charge in [-0.2, -0.15) is 0 Å². The minimum absolute atomic E-state index is 0.0494. The highest BCUT2D eigenvalue weighted by atomic mass is 35.5. The number of rotatable bonds is 4. The van der Waals surface area contributed by atoms with E-state index in [2.05, 4.69) is 63.4 Å². The summed E-state index contributed by atoms with van der Waals surface area (Å²) < 4.78 is 0. The highest BCUT2D eigenvalue weighted by molar-refractivity contribution is 6.30. The molecular weight excluding hydrogens is 444 g/mol. The second-order valence-corrected chi connectivity index (χ2v) is 9.13. The average Bonchev–Trinajstić information content (AvgIpc) is 3.23. The Bertz CT molecular complexity index is 1540. The van der Waals surface area contributed by atoms with Crippen molar-refractivity contribution in [2.45, 2.75) is 19.5 Å². The number of halogens is 1. The van der Waals surface area contributed by atoms with E-state index in [9.17, 15) is 4.79 Å². The molecule has 6 rings (SSSR count). The fourth-order valence-electron chi connectivity index (χ4n) is 4.81. The van der Waals surface area contributed by atoms with Gasteiger partial charge in [-0.15, -0.1) is 0 Å². The van der Waals surface area contributed by atoms with Crippen molar-refractivity contribution in [3.63, 3.8) is 0 Å². The van der Waals surface area contributed by atoms with Crippen LogP contribution in [-0.4, -0.2) is 26.4 Å². The van der Waals surface area contributed by atoms with Crippen molar-refractivity contribution in [3.05, 3.63) is 111 Å². The first-order chi connectivity index (χ1) is 16.7. The number of aromatic amines is 2. The van der Waals surface area contributed by atoms with E-state index in [1.165, 1.54) is 16.5 Å². The van der Waals surface area contributed by atoms with Gasteiger partial charge in [0.25, 0.3) is 5.56 Å². The maximum absolute atomic E-state index is 12.8. The quantitative estimate of drug-likeness (QED) is 0.352. The SMILES string of the molecule is O=c1[nH]c(-c2ccc(Cl)cc2)nc2c1CCN(Cc1c(-c3ccccc3)[nH]c3ccccc13)C2. The molecule has 6 heteroatoms. The predicted octanol–water partition coefficient (Wildman–Crippen LogP) is 5.80. The van der Waals surface area contributed by atoms with Crippen molar-refractivity contribution in [3.8, 4) is 22.6 Å². The fourth-order valence-corrected chi connectivity index (χ4v) is 4.94. The van der Waals surface area contributed by atoms with Gasteiger partial charge < -0.3 is 9.97 Å². The van der Waals surface area contributed by atoms with E-state index < -0.39 is 0 Å². The van der Waals surface area contributed by atoms with Crippen molar-refractivity contribution < 1.29 is 0 Å². The second kappa shape index (κ2) is 8.60. The van der Waals surface area contributed by atoms with Crippen LogP contribution < -0.4 is 5.56 Å². The highest BCUT2D eigenvalue weighted by Crippen LogP contribution is 2.32. The summed E-state index contributed by atoms with van der Waals surface area (Å²) in [5.41, 5.74) is 7.16. The topological polar surface area (TPSA) is 64.8 Å². The van der Waals surface area contributed by atoms with Gasteiger partial charge in [0.2, 0.25) is 0 Å². The number of H-pyrrole nitrogens is 2. The third kappa shape index (κ3) is 3.83. The third-order valence-corrected chi connectivity index (χ3v) is 6.78.